The van der Waals surface area contributed by atoms with E-state index in [0.29, 0.717) is 18.9 Å². The molecule has 1 unspecified atom stereocenters. The van der Waals surface area contributed by atoms with E-state index in [-0.39, 0.29) is 0 Å². The van der Waals surface area contributed by atoms with E-state index in [0.717, 1.165) is 29.1 Å². The Morgan fingerprint density at radius 1 is 1.00 bits per heavy atom. The molecule has 3 heterocycles. The van der Waals surface area contributed by atoms with Gasteiger partial charge >= 0.3 is 0 Å². The molecule has 0 saturated carbocycles. The van der Waals surface area contributed by atoms with Gasteiger partial charge in [0.1, 0.15) is 0 Å². The lowest BCUT2D eigenvalue weighted by atomic mass is 9.97. The average Bonchev–Trinajstić information content (AvgIpc) is 3.07. The third-order valence-electron chi connectivity index (χ3n) is 5.16. The number of rotatable bonds is 3. The monoisotopic (exact) mass is 356 g/mol. The zero-order valence-corrected chi connectivity index (χ0v) is 14.9. The highest BCUT2D eigenvalue weighted by molar-refractivity contribution is 5.65. The number of benzene rings is 2. The van der Waals surface area contributed by atoms with E-state index in [1.54, 1.807) is 6.20 Å². The number of nitrogens with zero attached hydrogens (tertiary/aromatic N) is 4. The Morgan fingerprint density at radius 3 is 2.70 bits per heavy atom. The second-order valence-corrected chi connectivity index (χ2v) is 6.95. The van der Waals surface area contributed by atoms with Crippen LogP contribution in [0.2, 0.25) is 0 Å². The number of aliphatic hydroxyl groups excluding tert-OH is 1. The molecule has 5 nitrogen and oxygen atoms in total. The van der Waals surface area contributed by atoms with Crippen LogP contribution in [0.5, 0.6) is 0 Å². The fourth-order valence-corrected chi connectivity index (χ4v) is 3.90. The van der Waals surface area contributed by atoms with E-state index in [1.807, 2.05) is 48.7 Å². The largest absolute Gasteiger partial charge is 0.387 e. The van der Waals surface area contributed by atoms with E-state index in [1.165, 1.54) is 5.56 Å². The van der Waals surface area contributed by atoms with Crippen LogP contribution in [-0.4, -0.2) is 30.9 Å². The Hall–Kier alpha value is -3.02. The summed E-state index contributed by atoms with van der Waals surface area (Å²) in [5.74, 6) is 0.698. The lowest BCUT2D eigenvalue weighted by molar-refractivity contribution is 0.0874. The number of aromatic nitrogens is 3. The van der Waals surface area contributed by atoms with E-state index in [9.17, 15) is 5.11 Å². The predicted molar refractivity (Wildman–Crippen MR) is 104 cm³/mol. The van der Waals surface area contributed by atoms with Crippen molar-refractivity contribution in [3.05, 3.63) is 89.9 Å². The first kappa shape index (κ1) is 16.2. The molecule has 0 saturated heterocycles. The molecule has 27 heavy (non-hydrogen) atoms. The maximum atomic E-state index is 10.6. The lowest BCUT2D eigenvalue weighted by Gasteiger charge is -2.32. The molecule has 1 aliphatic rings. The summed E-state index contributed by atoms with van der Waals surface area (Å²) in [4.78, 5) is 11.5. The zero-order valence-electron chi connectivity index (χ0n) is 14.9. The van der Waals surface area contributed by atoms with E-state index in [2.05, 4.69) is 32.5 Å². The van der Waals surface area contributed by atoms with Crippen LogP contribution >= 0.6 is 0 Å². The van der Waals surface area contributed by atoms with Gasteiger partial charge in [0, 0.05) is 37.6 Å². The topological polar surface area (TPSA) is 53.7 Å². The summed E-state index contributed by atoms with van der Waals surface area (Å²) in [7, 11) is 0. The van der Waals surface area contributed by atoms with Crippen molar-refractivity contribution < 1.29 is 5.11 Å². The Balaban J connectivity index is 1.56. The number of fused-ring (bicyclic) bond motifs is 2. The molecule has 0 bridgehead atoms. The average molecular weight is 356 g/mol. The second kappa shape index (κ2) is 6.61. The maximum Gasteiger partial charge on any atom is 0.234 e. The van der Waals surface area contributed by atoms with Crippen LogP contribution in [0, 0.1) is 0 Å². The van der Waals surface area contributed by atoms with Crippen molar-refractivity contribution in [2.45, 2.75) is 19.2 Å². The van der Waals surface area contributed by atoms with Crippen molar-refractivity contribution in [3.8, 4) is 11.3 Å². The van der Waals surface area contributed by atoms with E-state index < -0.39 is 6.10 Å². The summed E-state index contributed by atoms with van der Waals surface area (Å²) < 4.78 is 2.05. The maximum absolute atomic E-state index is 10.6. The van der Waals surface area contributed by atoms with Crippen LogP contribution in [-0.2, 0) is 13.1 Å². The first-order valence-corrected chi connectivity index (χ1v) is 9.15. The minimum absolute atomic E-state index is 0.465. The number of β-amino-alcohol motifs (C(OH)–C–C–N with tert-alkyl or cyclic N) is 1. The van der Waals surface area contributed by atoms with Gasteiger partial charge < -0.3 is 5.11 Å². The minimum atomic E-state index is -0.465. The molecule has 0 spiro atoms. The summed E-state index contributed by atoms with van der Waals surface area (Å²) in [5, 5.41) is 10.6. The standard InChI is InChI=1S/C22H20N4O/c27-20-15-25(13-17-9-4-5-10-18(17)20)14-19-21(16-7-2-1-3-8-16)24-22-23-11-6-12-26(19)22/h1-12,20,27H,13-15H2. The molecule has 1 aliphatic heterocycles. The van der Waals surface area contributed by atoms with Crippen LogP contribution in [0.25, 0.3) is 17.0 Å². The Morgan fingerprint density at radius 2 is 1.81 bits per heavy atom. The molecule has 1 atom stereocenters. The van der Waals surface area contributed by atoms with Crippen LogP contribution in [0.4, 0.5) is 0 Å². The molecule has 0 radical (unpaired) electrons. The van der Waals surface area contributed by atoms with E-state index >= 15 is 0 Å². The molecule has 5 heteroatoms. The lowest BCUT2D eigenvalue weighted by Crippen LogP contribution is -2.33. The summed E-state index contributed by atoms with van der Waals surface area (Å²) in [6, 6.07) is 20.3. The third-order valence-corrected chi connectivity index (χ3v) is 5.16. The summed E-state index contributed by atoms with van der Waals surface area (Å²) >= 11 is 0. The highest BCUT2D eigenvalue weighted by Crippen LogP contribution is 2.30. The van der Waals surface area contributed by atoms with Gasteiger partial charge in [-0.1, -0.05) is 54.6 Å². The number of hydrogen-bond acceptors (Lipinski definition) is 4. The third kappa shape index (κ3) is 2.91. The molecule has 4 aromatic rings. The van der Waals surface area contributed by atoms with Gasteiger partial charge in [0.2, 0.25) is 5.78 Å². The highest BCUT2D eigenvalue weighted by Gasteiger charge is 2.25. The first-order valence-electron chi connectivity index (χ1n) is 9.15. The van der Waals surface area contributed by atoms with Crippen molar-refractivity contribution in [2.75, 3.05) is 6.54 Å². The Bertz CT molecular complexity index is 1090. The Kier molecular flexibility index (Phi) is 3.96. The second-order valence-electron chi connectivity index (χ2n) is 6.95. The molecule has 1 N–H and O–H groups in total. The van der Waals surface area contributed by atoms with Gasteiger partial charge in [-0.15, -0.1) is 0 Å². The molecule has 0 fully saturated rings. The normalized spacial score (nSPS) is 17.1. The van der Waals surface area contributed by atoms with Crippen LogP contribution < -0.4 is 0 Å². The van der Waals surface area contributed by atoms with Crippen LogP contribution in [0.3, 0.4) is 0 Å². The quantitative estimate of drug-likeness (QED) is 0.611. The van der Waals surface area contributed by atoms with Crippen LogP contribution in [0.15, 0.2) is 73.1 Å². The minimum Gasteiger partial charge on any atom is -0.387 e. The first-order chi connectivity index (χ1) is 13.3. The smallest absolute Gasteiger partial charge is 0.234 e. The molecule has 134 valence electrons. The van der Waals surface area contributed by atoms with Gasteiger partial charge in [-0.05, 0) is 17.2 Å². The number of aliphatic hydroxyl groups is 1. The predicted octanol–water partition coefficient (Wildman–Crippen LogP) is 3.45. The van der Waals surface area contributed by atoms with Crippen LogP contribution in [0.1, 0.15) is 22.9 Å². The van der Waals surface area contributed by atoms with Crippen molar-refractivity contribution in [1.29, 1.82) is 0 Å². The van der Waals surface area contributed by atoms with Gasteiger partial charge in [-0.2, -0.15) is 0 Å². The van der Waals surface area contributed by atoms with Gasteiger partial charge in [-0.3, -0.25) is 9.30 Å². The summed E-state index contributed by atoms with van der Waals surface area (Å²) in [6.07, 6.45) is 3.31. The molecular weight excluding hydrogens is 336 g/mol. The van der Waals surface area contributed by atoms with Crippen molar-refractivity contribution in [1.82, 2.24) is 19.3 Å². The van der Waals surface area contributed by atoms with Gasteiger partial charge in [0.25, 0.3) is 0 Å². The van der Waals surface area contributed by atoms with Gasteiger partial charge in [0.15, 0.2) is 0 Å². The molecule has 0 aliphatic carbocycles. The van der Waals surface area contributed by atoms with Crippen molar-refractivity contribution in [2.24, 2.45) is 0 Å². The molecule has 0 amide bonds. The summed E-state index contributed by atoms with van der Waals surface area (Å²) in [6.45, 7) is 2.12. The van der Waals surface area contributed by atoms with Crippen molar-refractivity contribution >= 4 is 5.78 Å². The molecular formula is C22H20N4O. The molecule has 5 rings (SSSR count). The van der Waals surface area contributed by atoms with Gasteiger partial charge in [0.05, 0.1) is 17.5 Å². The molecule has 2 aromatic carbocycles. The molecule has 2 aromatic heterocycles. The highest BCUT2D eigenvalue weighted by atomic mass is 16.3. The van der Waals surface area contributed by atoms with E-state index in [4.69, 9.17) is 4.98 Å². The fraction of sp³-hybridized carbons (Fsp3) is 0.182. The van der Waals surface area contributed by atoms with Crippen molar-refractivity contribution in [3.63, 3.8) is 0 Å². The Labute approximate surface area is 157 Å². The number of hydrogen-bond donors (Lipinski definition) is 1. The zero-order chi connectivity index (χ0) is 18.2. The summed E-state index contributed by atoms with van der Waals surface area (Å²) in [5.41, 5.74) is 5.34. The van der Waals surface area contributed by atoms with Gasteiger partial charge in [-0.25, -0.2) is 9.97 Å². The SMILES string of the molecule is OC1CN(Cc2c(-c3ccccc3)nc3ncccn23)Cc2ccccc21. The number of imidazole rings is 1. The fourth-order valence-electron chi connectivity index (χ4n) is 3.90.